The van der Waals surface area contributed by atoms with Gasteiger partial charge in [0, 0.05) is 6.54 Å². The SMILES string of the molecule is CCC(C)c1ccc(S(=O)(=O)NCc2ccc(S(N)(=O)=O)cc2)cc1. The van der Waals surface area contributed by atoms with E-state index in [4.69, 9.17) is 5.14 Å². The van der Waals surface area contributed by atoms with E-state index in [-0.39, 0.29) is 16.3 Å². The summed E-state index contributed by atoms with van der Waals surface area (Å²) in [5.74, 6) is 0.377. The summed E-state index contributed by atoms with van der Waals surface area (Å²) < 4.78 is 49.6. The summed E-state index contributed by atoms with van der Waals surface area (Å²) in [7, 11) is -7.40. The maximum absolute atomic E-state index is 12.4. The van der Waals surface area contributed by atoms with Crippen LogP contribution in [0.15, 0.2) is 58.3 Å². The lowest BCUT2D eigenvalue weighted by atomic mass is 9.99. The van der Waals surface area contributed by atoms with Gasteiger partial charge in [-0.25, -0.2) is 26.7 Å². The lowest BCUT2D eigenvalue weighted by Crippen LogP contribution is -2.23. The van der Waals surface area contributed by atoms with E-state index in [1.54, 1.807) is 12.1 Å². The summed E-state index contributed by atoms with van der Waals surface area (Å²) in [6.07, 6.45) is 0.985. The molecule has 0 aliphatic carbocycles. The fraction of sp³-hybridized carbons (Fsp3) is 0.294. The first-order chi connectivity index (χ1) is 11.6. The monoisotopic (exact) mass is 382 g/mol. The molecule has 0 aliphatic heterocycles. The van der Waals surface area contributed by atoms with Gasteiger partial charge in [0.05, 0.1) is 9.79 Å². The van der Waals surface area contributed by atoms with Crippen molar-refractivity contribution in [3.63, 3.8) is 0 Å². The molecule has 0 heterocycles. The van der Waals surface area contributed by atoms with Crippen LogP contribution in [0.1, 0.15) is 37.3 Å². The molecule has 2 rings (SSSR count). The van der Waals surface area contributed by atoms with Crippen molar-refractivity contribution in [2.24, 2.45) is 5.14 Å². The van der Waals surface area contributed by atoms with Gasteiger partial charge in [-0.2, -0.15) is 0 Å². The molecule has 8 heteroatoms. The van der Waals surface area contributed by atoms with Crippen molar-refractivity contribution in [3.05, 3.63) is 59.7 Å². The van der Waals surface area contributed by atoms with Gasteiger partial charge in [0.1, 0.15) is 0 Å². The average molecular weight is 383 g/mol. The zero-order chi connectivity index (χ0) is 18.7. The largest absolute Gasteiger partial charge is 0.240 e. The highest BCUT2D eigenvalue weighted by atomic mass is 32.2. The summed E-state index contributed by atoms with van der Waals surface area (Å²) in [6, 6.07) is 12.6. The molecule has 0 saturated carbocycles. The Morgan fingerprint density at radius 1 is 0.920 bits per heavy atom. The van der Waals surface area contributed by atoms with E-state index >= 15 is 0 Å². The second kappa shape index (κ2) is 7.65. The predicted molar refractivity (Wildman–Crippen MR) is 97.0 cm³/mol. The van der Waals surface area contributed by atoms with Crippen molar-refractivity contribution in [1.29, 1.82) is 0 Å². The smallest absolute Gasteiger partial charge is 0.225 e. The van der Waals surface area contributed by atoms with Crippen molar-refractivity contribution in [2.45, 2.75) is 42.5 Å². The van der Waals surface area contributed by atoms with Crippen LogP contribution in [0.2, 0.25) is 0 Å². The van der Waals surface area contributed by atoms with E-state index in [2.05, 4.69) is 18.6 Å². The van der Waals surface area contributed by atoms with Gasteiger partial charge >= 0.3 is 0 Å². The topological polar surface area (TPSA) is 106 Å². The zero-order valence-corrected chi connectivity index (χ0v) is 15.8. The molecule has 0 saturated heterocycles. The molecule has 0 bridgehead atoms. The standard InChI is InChI=1S/C17H22N2O4S2/c1-3-13(2)15-6-10-17(11-7-15)25(22,23)19-12-14-4-8-16(9-5-14)24(18,20)21/h4-11,13,19H,3,12H2,1-2H3,(H2,18,20,21). The van der Waals surface area contributed by atoms with E-state index in [0.717, 1.165) is 12.0 Å². The number of nitrogens with two attached hydrogens (primary N) is 1. The number of benzene rings is 2. The molecular weight excluding hydrogens is 360 g/mol. The number of nitrogens with one attached hydrogen (secondary N) is 1. The number of primary sulfonamides is 1. The lowest BCUT2D eigenvalue weighted by molar-refractivity contribution is 0.580. The highest BCUT2D eigenvalue weighted by Gasteiger charge is 2.15. The van der Waals surface area contributed by atoms with Gasteiger partial charge in [-0.3, -0.25) is 0 Å². The second-order valence-corrected chi connectivity index (χ2v) is 9.22. The molecule has 0 spiro atoms. The van der Waals surface area contributed by atoms with Crippen LogP contribution in [0.5, 0.6) is 0 Å². The van der Waals surface area contributed by atoms with Gasteiger partial charge in [0.15, 0.2) is 0 Å². The molecule has 136 valence electrons. The van der Waals surface area contributed by atoms with Gasteiger partial charge in [0.25, 0.3) is 0 Å². The molecular formula is C17H22N2O4S2. The molecule has 0 radical (unpaired) electrons. The minimum atomic E-state index is -3.76. The summed E-state index contributed by atoms with van der Waals surface area (Å²) in [5.41, 5.74) is 1.73. The fourth-order valence-corrected chi connectivity index (χ4v) is 3.80. The number of rotatable bonds is 7. The van der Waals surface area contributed by atoms with Gasteiger partial charge in [-0.15, -0.1) is 0 Å². The molecule has 1 atom stereocenters. The van der Waals surface area contributed by atoms with Crippen LogP contribution in [-0.4, -0.2) is 16.8 Å². The van der Waals surface area contributed by atoms with Crippen molar-refractivity contribution in [2.75, 3.05) is 0 Å². The van der Waals surface area contributed by atoms with Crippen LogP contribution in [-0.2, 0) is 26.6 Å². The Balaban J connectivity index is 2.08. The first-order valence-electron chi connectivity index (χ1n) is 7.85. The molecule has 2 aromatic carbocycles. The Kier molecular flexibility index (Phi) is 5.99. The highest BCUT2D eigenvalue weighted by molar-refractivity contribution is 7.89. The normalized spacial score (nSPS) is 13.6. The molecule has 0 fully saturated rings. The number of sulfonamides is 2. The molecule has 3 N–H and O–H groups in total. The predicted octanol–water partition coefficient (Wildman–Crippen LogP) is 2.33. The van der Waals surface area contributed by atoms with E-state index in [1.165, 1.54) is 24.3 Å². The van der Waals surface area contributed by atoms with Gasteiger partial charge in [0.2, 0.25) is 20.0 Å². The molecule has 0 aliphatic rings. The second-order valence-electron chi connectivity index (χ2n) is 5.89. The van der Waals surface area contributed by atoms with Crippen LogP contribution in [0, 0.1) is 0 Å². The fourth-order valence-electron chi connectivity index (χ4n) is 2.27. The quantitative estimate of drug-likeness (QED) is 0.766. The lowest BCUT2D eigenvalue weighted by Gasteiger charge is -2.11. The Morgan fingerprint density at radius 3 is 1.92 bits per heavy atom. The van der Waals surface area contributed by atoms with E-state index in [0.29, 0.717) is 11.5 Å². The first-order valence-corrected chi connectivity index (χ1v) is 10.9. The molecule has 6 nitrogen and oxygen atoms in total. The maximum Gasteiger partial charge on any atom is 0.240 e. The summed E-state index contributed by atoms with van der Waals surface area (Å²) >= 11 is 0. The van der Waals surface area contributed by atoms with Gasteiger partial charge < -0.3 is 0 Å². The minimum absolute atomic E-state index is 0.0141. The molecule has 25 heavy (non-hydrogen) atoms. The van der Waals surface area contributed by atoms with Gasteiger partial charge in [-0.05, 0) is 47.7 Å². The van der Waals surface area contributed by atoms with Crippen LogP contribution in [0.4, 0.5) is 0 Å². The number of hydrogen-bond acceptors (Lipinski definition) is 4. The van der Waals surface area contributed by atoms with Crippen LogP contribution >= 0.6 is 0 Å². The summed E-state index contributed by atoms with van der Waals surface area (Å²) in [5, 5.41) is 5.03. The van der Waals surface area contributed by atoms with Crippen LogP contribution < -0.4 is 9.86 Å². The zero-order valence-electron chi connectivity index (χ0n) is 14.1. The summed E-state index contributed by atoms with van der Waals surface area (Å²) in [4.78, 5) is 0.181. The third kappa shape index (κ3) is 5.12. The van der Waals surface area contributed by atoms with E-state index in [1.807, 2.05) is 12.1 Å². The van der Waals surface area contributed by atoms with E-state index < -0.39 is 20.0 Å². The number of hydrogen-bond donors (Lipinski definition) is 2. The van der Waals surface area contributed by atoms with Crippen molar-refractivity contribution in [1.82, 2.24) is 4.72 Å². The molecule has 0 amide bonds. The highest BCUT2D eigenvalue weighted by Crippen LogP contribution is 2.20. The van der Waals surface area contributed by atoms with E-state index in [9.17, 15) is 16.8 Å². The van der Waals surface area contributed by atoms with Crippen LogP contribution in [0.3, 0.4) is 0 Å². The molecule has 1 unspecified atom stereocenters. The van der Waals surface area contributed by atoms with Crippen molar-refractivity contribution < 1.29 is 16.8 Å². The van der Waals surface area contributed by atoms with Crippen LogP contribution in [0.25, 0.3) is 0 Å². The Hall–Kier alpha value is -1.74. The Bertz CT molecular complexity index is 920. The third-order valence-electron chi connectivity index (χ3n) is 4.09. The molecule has 0 aromatic heterocycles. The average Bonchev–Trinajstić information content (AvgIpc) is 2.59. The Labute approximate surface area is 149 Å². The third-order valence-corrected chi connectivity index (χ3v) is 6.44. The summed E-state index contributed by atoms with van der Waals surface area (Å²) in [6.45, 7) is 4.23. The maximum atomic E-state index is 12.4. The minimum Gasteiger partial charge on any atom is -0.225 e. The molecule has 2 aromatic rings. The van der Waals surface area contributed by atoms with Gasteiger partial charge in [-0.1, -0.05) is 38.1 Å². The van der Waals surface area contributed by atoms with Crippen molar-refractivity contribution >= 4 is 20.0 Å². The first kappa shape index (κ1) is 19.6. The Morgan fingerprint density at radius 2 is 1.44 bits per heavy atom. The van der Waals surface area contributed by atoms with Crippen molar-refractivity contribution in [3.8, 4) is 0 Å².